The number of allylic oxidation sites excluding steroid dienone is 3. The second-order valence-corrected chi connectivity index (χ2v) is 4.48. The summed E-state index contributed by atoms with van der Waals surface area (Å²) in [5.41, 5.74) is 1.60. The van der Waals surface area contributed by atoms with E-state index in [4.69, 9.17) is 9.47 Å². The van der Waals surface area contributed by atoms with Gasteiger partial charge < -0.3 is 9.47 Å². The highest BCUT2D eigenvalue weighted by Gasteiger charge is 2.06. The van der Waals surface area contributed by atoms with Gasteiger partial charge in [0.15, 0.2) is 0 Å². The molecule has 21 heavy (non-hydrogen) atoms. The molecule has 112 valence electrons. The van der Waals surface area contributed by atoms with Crippen LogP contribution in [-0.2, 0) is 9.53 Å². The van der Waals surface area contributed by atoms with Crippen molar-refractivity contribution in [3.63, 3.8) is 0 Å². The van der Waals surface area contributed by atoms with E-state index in [-0.39, 0.29) is 5.97 Å². The van der Waals surface area contributed by atoms with Gasteiger partial charge in [-0.1, -0.05) is 31.2 Å². The molecule has 0 aliphatic carbocycles. The number of esters is 1. The van der Waals surface area contributed by atoms with Crippen molar-refractivity contribution in [2.24, 2.45) is 0 Å². The normalized spacial score (nSPS) is 13.0. The van der Waals surface area contributed by atoms with Crippen molar-refractivity contribution < 1.29 is 14.3 Å². The molecular formula is C18H22O3. The number of ether oxygens (including phenoxy) is 2. The Labute approximate surface area is 126 Å². The molecule has 0 heterocycles. The molecule has 0 aromatic heterocycles. The first kappa shape index (κ1) is 16.8. The number of carbonyl (C=O) groups is 1. The number of hydrogen-bond acceptors (Lipinski definition) is 3. The van der Waals surface area contributed by atoms with Crippen LogP contribution in [0.5, 0.6) is 5.75 Å². The number of para-hydroxylation sites is 1. The van der Waals surface area contributed by atoms with Gasteiger partial charge in [-0.05, 0) is 50.1 Å². The van der Waals surface area contributed by atoms with Crippen molar-refractivity contribution in [2.45, 2.75) is 27.2 Å². The summed E-state index contributed by atoms with van der Waals surface area (Å²) in [6.07, 6.45) is 6.10. The largest absolute Gasteiger partial charge is 0.465 e. The smallest absolute Gasteiger partial charge is 0.337 e. The van der Waals surface area contributed by atoms with Gasteiger partial charge in [-0.3, -0.25) is 0 Å². The molecule has 3 heteroatoms. The van der Waals surface area contributed by atoms with Crippen LogP contribution in [0.25, 0.3) is 0 Å². The van der Waals surface area contributed by atoms with Crippen LogP contribution in [-0.4, -0.2) is 13.1 Å². The molecule has 3 nitrogen and oxygen atoms in total. The van der Waals surface area contributed by atoms with Crippen molar-refractivity contribution in [3.05, 3.63) is 65.5 Å². The first-order chi connectivity index (χ1) is 10.1. The summed E-state index contributed by atoms with van der Waals surface area (Å²) in [4.78, 5) is 11.6. The minimum atomic E-state index is -0.359. The molecule has 0 aliphatic heterocycles. The molecule has 1 rings (SSSR count). The molecule has 0 radical (unpaired) electrons. The Morgan fingerprint density at radius 2 is 1.86 bits per heavy atom. The zero-order valence-electron chi connectivity index (χ0n) is 13.1. The number of carbonyl (C=O) groups excluding carboxylic acids is 1. The van der Waals surface area contributed by atoms with E-state index in [1.54, 1.807) is 25.2 Å². The minimum Gasteiger partial charge on any atom is -0.465 e. The SMILES string of the molecule is CC=C(C=CC(Oc1ccccc1)=C(C)CC)C(=O)OC. The lowest BCUT2D eigenvalue weighted by atomic mass is 10.1. The second-order valence-electron chi connectivity index (χ2n) is 4.48. The Kier molecular flexibility index (Phi) is 7.02. The highest BCUT2D eigenvalue weighted by Crippen LogP contribution is 2.18. The van der Waals surface area contributed by atoms with Gasteiger partial charge in [-0.15, -0.1) is 0 Å². The summed E-state index contributed by atoms with van der Waals surface area (Å²) in [5.74, 6) is 1.15. The minimum absolute atomic E-state index is 0.359. The second kappa shape index (κ2) is 8.80. The van der Waals surface area contributed by atoms with Crippen LogP contribution >= 0.6 is 0 Å². The Morgan fingerprint density at radius 1 is 1.19 bits per heavy atom. The molecule has 0 spiro atoms. The van der Waals surface area contributed by atoms with Crippen LogP contribution in [0.4, 0.5) is 0 Å². The maximum Gasteiger partial charge on any atom is 0.337 e. The van der Waals surface area contributed by atoms with E-state index in [2.05, 4.69) is 6.92 Å². The van der Waals surface area contributed by atoms with Gasteiger partial charge in [-0.25, -0.2) is 4.79 Å². The Morgan fingerprint density at radius 3 is 2.38 bits per heavy atom. The van der Waals surface area contributed by atoms with E-state index in [9.17, 15) is 4.79 Å². The fourth-order valence-electron chi connectivity index (χ4n) is 1.62. The van der Waals surface area contributed by atoms with Gasteiger partial charge in [0.2, 0.25) is 0 Å². The lowest BCUT2D eigenvalue weighted by Gasteiger charge is -2.10. The topological polar surface area (TPSA) is 35.5 Å². The summed E-state index contributed by atoms with van der Waals surface area (Å²) in [5, 5.41) is 0. The lowest BCUT2D eigenvalue weighted by Crippen LogP contribution is -2.03. The standard InChI is InChI=1S/C18H22O3/c1-5-14(3)17(21-16-10-8-7-9-11-16)13-12-15(6-2)18(19)20-4/h6-13H,5H2,1-4H3. The predicted molar refractivity (Wildman–Crippen MR) is 85.0 cm³/mol. The first-order valence-corrected chi connectivity index (χ1v) is 6.97. The molecule has 1 aromatic rings. The molecule has 0 amide bonds. The van der Waals surface area contributed by atoms with Crippen molar-refractivity contribution in [1.29, 1.82) is 0 Å². The quantitative estimate of drug-likeness (QED) is 0.336. The third-order valence-corrected chi connectivity index (χ3v) is 3.07. The number of methoxy groups -OCH3 is 1. The number of rotatable bonds is 6. The van der Waals surface area contributed by atoms with Gasteiger partial charge in [0.25, 0.3) is 0 Å². The number of benzene rings is 1. The fourth-order valence-corrected chi connectivity index (χ4v) is 1.62. The van der Waals surface area contributed by atoms with Gasteiger partial charge in [0, 0.05) is 0 Å². The maximum atomic E-state index is 11.6. The van der Waals surface area contributed by atoms with Gasteiger partial charge in [0.05, 0.1) is 12.7 Å². The van der Waals surface area contributed by atoms with E-state index in [0.29, 0.717) is 5.57 Å². The molecule has 1 aromatic carbocycles. The average Bonchev–Trinajstić information content (AvgIpc) is 2.54. The van der Waals surface area contributed by atoms with Crippen molar-refractivity contribution in [1.82, 2.24) is 0 Å². The Balaban J connectivity index is 2.98. The summed E-state index contributed by atoms with van der Waals surface area (Å²) in [7, 11) is 1.37. The van der Waals surface area contributed by atoms with Crippen LogP contribution in [0.1, 0.15) is 27.2 Å². The van der Waals surface area contributed by atoms with Crippen LogP contribution in [0.3, 0.4) is 0 Å². The van der Waals surface area contributed by atoms with Crippen molar-refractivity contribution >= 4 is 5.97 Å². The Bertz CT molecular complexity index is 551. The molecule has 0 saturated heterocycles. The van der Waals surface area contributed by atoms with E-state index in [0.717, 1.165) is 23.5 Å². The third kappa shape index (κ3) is 5.30. The zero-order chi connectivity index (χ0) is 15.7. The van der Waals surface area contributed by atoms with Crippen molar-refractivity contribution in [3.8, 4) is 5.75 Å². The lowest BCUT2D eigenvalue weighted by molar-refractivity contribution is -0.135. The molecule has 0 N–H and O–H groups in total. The first-order valence-electron chi connectivity index (χ1n) is 6.97. The highest BCUT2D eigenvalue weighted by molar-refractivity contribution is 5.91. The van der Waals surface area contributed by atoms with Crippen molar-refractivity contribution in [2.75, 3.05) is 7.11 Å². The van der Waals surface area contributed by atoms with E-state index < -0.39 is 0 Å². The summed E-state index contributed by atoms with van der Waals surface area (Å²) >= 11 is 0. The summed E-state index contributed by atoms with van der Waals surface area (Å²) in [6.45, 7) is 5.87. The monoisotopic (exact) mass is 286 g/mol. The van der Waals surface area contributed by atoms with E-state index >= 15 is 0 Å². The number of hydrogen-bond donors (Lipinski definition) is 0. The molecule has 0 bridgehead atoms. The molecule has 0 atom stereocenters. The molecule has 0 aliphatic rings. The van der Waals surface area contributed by atoms with Gasteiger partial charge in [0.1, 0.15) is 11.5 Å². The van der Waals surface area contributed by atoms with Gasteiger partial charge >= 0.3 is 5.97 Å². The zero-order valence-corrected chi connectivity index (χ0v) is 13.1. The van der Waals surface area contributed by atoms with Gasteiger partial charge in [-0.2, -0.15) is 0 Å². The molecular weight excluding hydrogens is 264 g/mol. The summed E-state index contributed by atoms with van der Waals surface area (Å²) in [6, 6.07) is 9.57. The van der Waals surface area contributed by atoms with E-state index in [1.165, 1.54) is 7.11 Å². The highest BCUT2D eigenvalue weighted by atomic mass is 16.5. The fraction of sp³-hybridized carbons (Fsp3) is 0.278. The van der Waals surface area contributed by atoms with Crippen LogP contribution in [0.15, 0.2) is 65.5 Å². The maximum absolute atomic E-state index is 11.6. The van der Waals surface area contributed by atoms with Crippen LogP contribution in [0.2, 0.25) is 0 Å². The molecule has 0 fully saturated rings. The molecule has 0 unspecified atom stereocenters. The van der Waals surface area contributed by atoms with Crippen LogP contribution < -0.4 is 4.74 Å². The Hall–Kier alpha value is -2.29. The average molecular weight is 286 g/mol. The van der Waals surface area contributed by atoms with Crippen LogP contribution in [0, 0.1) is 0 Å². The predicted octanol–water partition coefficient (Wildman–Crippen LogP) is 4.42. The molecule has 0 saturated carbocycles. The van der Waals surface area contributed by atoms with E-state index in [1.807, 2.05) is 37.3 Å². The summed E-state index contributed by atoms with van der Waals surface area (Å²) < 4.78 is 10.6. The third-order valence-electron chi connectivity index (χ3n) is 3.07.